The van der Waals surface area contributed by atoms with E-state index in [1.165, 1.54) is 25.3 Å². The van der Waals surface area contributed by atoms with E-state index in [0.717, 1.165) is 55.8 Å². The molecule has 2 aromatic heterocycles. The van der Waals surface area contributed by atoms with Crippen LogP contribution < -0.4 is 15.6 Å². The number of rotatable bonds is 7. The van der Waals surface area contributed by atoms with Gasteiger partial charge in [-0.25, -0.2) is 0 Å². The van der Waals surface area contributed by atoms with Gasteiger partial charge in [0.05, 0.1) is 11.3 Å². The molecule has 1 saturated heterocycles. The molecule has 1 amide bonds. The quantitative estimate of drug-likeness (QED) is 0.709. The molecule has 0 radical (unpaired) electrons. The zero-order chi connectivity index (χ0) is 22.5. The van der Waals surface area contributed by atoms with Crippen molar-refractivity contribution in [3.05, 3.63) is 44.7 Å². The first kappa shape index (κ1) is 22.6. The number of likely N-dealkylation sites (tertiary alicyclic amines) is 1. The number of ether oxygens (including phenoxy) is 1. The summed E-state index contributed by atoms with van der Waals surface area (Å²) in [4.78, 5) is 28.6. The fourth-order valence-corrected chi connectivity index (χ4v) is 4.73. The summed E-state index contributed by atoms with van der Waals surface area (Å²) in [5.74, 6) is 0.863. The summed E-state index contributed by atoms with van der Waals surface area (Å²) in [6.45, 7) is 8.16. The topological polar surface area (TPSA) is 89.6 Å². The maximum Gasteiger partial charge on any atom is 0.256 e. The van der Waals surface area contributed by atoms with Crippen LogP contribution in [0.25, 0.3) is 0 Å². The molecule has 0 aromatic carbocycles. The minimum Gasteiger partial charge on any atom is -0.488 e. The van der Waals surface area contributed by atoms with Crippen LogP contribution in [0, 0.1) is 13.8 Å². The maximum atomic E-state index is 13.3. The van der Waals surface area contributed by atoms with Gasteiger partial charge in [-0.1, -0.05) is 18.0 Å². The van der Waals surface area contributed by atoms with Gasteiger partial charge >= 0.3 is 0 Å². The Bertz CT molecular complexity index is 985. The predicted octanol–water partition coefficient (Wildman–Crippen LogP) is 2.97. The SMILES string of the molecule is Cc1noc(C)c1COc1cc(=O)n2c(c1C(=O)NCCN1CCCCC1)CCCCC2. The van der Waals surface area contributed by atoms with Crippen molar-refractivity contribution >= 4 is 5.91 Å². The molecule has 0 aliphatic carbocycles. The number of carbonyl (C=O) groups excluding carboxylic acids is 1. The molecule has 32 heavy (non-hydrogen) atoms. The Morgan fingerprint density at radius 3 is 2.62 bits per heavy atom. The smallest absolute Gasteiger partial charge is 0.256 e. The second kappa shape index (κ2) is 10.3. The molecule has 4 rings (SSSR count). The number of nitrogens with zero attached hydrogens (tertiary/aromatic N) is 3. The second-order valence-electron chi connectivity index (χ2n) is 8.88. The van der Waals surface area contributed by atoms with Crippen molar-refractivity contribution in [3.63, 3.8) is 0 Å². The Morgan fingerprint density at radius 2 is 1.88 bits per heavy atom. The lowest BCUT2D eigenvalue weighted by Crippen LogP contribution is -2.38. The molecule has 2 aliphatic heterocycles. The number of hydrogen-bond donors (Lipinski definition) is 1. The molecule has 0 atom stereocenters. The molecule has 8 heteroatoms. The predicted molar refractivity (Wildman–Crippen MR) is 121 cm³/mol. The highest BCUT2D eigenvalue weighted by Gasteiger charge is 2.24. The molecule has 0 saturated carbocycles. The Kier molecular flexibility index (Phi) is 7.29. The monoisotopic (exact) mass is 442 g/mol. The number of fused-ring (bicyclic) bond motifs is 1. The summed E-state index contributed by atoms with van der Waals surface area (Å²) in [6.07, 6.45) is 7.40. The summed E-state index contributed by atoms with van der Waals surface area (Å²) in [5.41, 5.74) is 2.77. The van der Waals surface area contributed by atoms with E-state index in [9.17, 15) is 9.59 Å². The normalized spacial score (nSPS) is 16.9. The van der Waals surface area contributed by atoms with Gasteiger partial charge in [-0.2, -0.15) is 0 Å². The molecule has 2 aromatic rings. The summed E-state index contributed by atoms with van der Waals surface area (Å²) in [5, 5.41) is 7.05. The molecule has 174 valence electrons. The molecule has 1 N–H and O–H groups in total. The highest BCUT2D eigenvalue weighted by molar-refractivity contribution is 5.98. The number of nitrogens with one attached hydrogen (secondary N) is 1. The lowest BCUT2D eigenvalue weighted by Gasteiger charge is -2.26. The lowest BCUT2D eigenvalue weighted by molar-refractivity contribution is 0.0939. The van der Waals surface area contributed by atoms with E-state index in [2.05, 4.69) is 15.4 Å². The van der Waals surface area contributed by atoms with E-state index in [1.807, 2.05) is 13.8 Å². The Hall–Kier alpha value is -2.61. The van der Waals surface area contributed by atoms with Crippen molar-refractivity contribution in [2.24, 2.45) is 0 Å². The maximum absolute atomic E-state index is 13.3. The van der Waals surface area contributed by atoms with Gasteiger partial charge in [0.25, 0.3) is 11.5 Å². The number of amides is 1. The summed E-state index contributed by atoms with van der Waals surface area (Å²) < 4.78 is 13.0. The molecule has 0 spiro atoms. The fraction of sp³-hybridized carbons (Fsp3) is 0.625. The average molecular weight is 443 g/mol. The van der Waals surface area contributed by atoms with Crippen LogP contribution in [0.4, 0.5) is 0 Å². The van der Waals surface area contributed by atoms with Crippen molar-refractivity contribution in [2.75, 3.05) is 26.2 Å². The van der Waals surface area contributed by atoms with Crippen LogP contribution in [-0.4, -0.2) is 46.7 Å². The number of carbonyl (C=O) groups is 1. The van der Waals surface area contributed by atoms with Crippen LogP contribution in [0.5, 0.6) is 5.75 Å². The largest absolute Gasteiger partial charge is 0.488 e. The van der Waals surface area contributed by atoms with Gasteiger partial charge in [-0.05, 0) is 59.0 Å². The number of aryl methyl sites for hydroxylation is 2. The van der Waals surface area contributed by atoms with Crippen molar-refractivity contribution < 1.29 is 14.1 Å². The third-order valence-electron chi connectivity index (χ3n) is 6.62. The van der Waals surface area contributed by atoms with Crippen molar-refractivity contribution in [1.82, 2.24) is 19.9 Å². The van der Waals surface area contributed by atoms with Crippen molar-refractivity contribution in [3.8, 4) is 5.75 Å². The zero-order valence-corrected chi connectivity index (χ0v) is 19.2. The van der Waals surface area contributed by atoms with Crippen molar-refractivity contribution in [2.45, 2.75) is 71.9 Å². The molecule has 1 fully saturated rings. The van der Waals surface area contributed by atoms with Crippen LogP contribution in [-0.2, 0) is 19.6 Å². The minimum atomic E-state index is -0.165. The third-order valence-corrected chi connectivity index (χ3v) is 6.62. The number of hydrogen-bond acceptors (Lipinski definition) is 6. The van der Waals surface area contributed by atoms with Crippen molar-refractivity contribution in [1.29, 1.82) is 0 Å². The van der Waals surface area contributed by atoms with Crippen LogP contribution >= 0.6 is 0 Å². The molecule has 4 heterocycles. The molecule has 8 nitrogen and oxygen atoms in total. The zero-order valence-electron chi connectivity index (χ0n) is 19.2. The summed E-state index contributed by atoms with van der Waals surface area (Å²) >= 11 is 0. The molecular weight excluding hydrogens is 408 g/mol. The Labute approximate surface area is 188 Å². The first-order valence-electron chi connectivity index (χ1n) is 11.9. The van der Waals surface area contributed by atoms with Gasteiger partial charge in [0.2, 0.25) is 0 Å². The van der Waals surface area contributed by atoms with E-state index in [1.54, 1.807) is 4.57 Å². The molecular formula is C24H34N4O4. The van der Waals surface area contributed by atoms with Crippen LogP contribution in [0.15, 0.2) is 15.4 Å². The minimum absolute atomic E-state index is 0.111. The van der Waals surface area contributed by atoms with Gasteiger partial charge in [0.1, 0.15) is 23.7 Å². The third kappa shape index (κ3) is 5.06. The van der Waals surface area contributed by atoms with Gasteiger partial charge in [-0.15, -0.1) is 0 Å². The number of piperidine rings is 1. The number of pyridine rings is 1. The molecule has 0 bridgehead atoms. The second-order valence-corrected chi connectivity index (χ2v) is 8.88. The van der Waals surface area contributed by atoms with Gasteiger partial charge in [0, 0.05) is 31.4 Å². The van der Waals surface area contributed by atoms with E-state index in [0.29, 0.717) is 36.6 Å². The lowest BCUT2D eigenvalue weighted by atomic mass is 10.1. The highest BCUT2D eigenvalue weighted by Crippen LogP contribution is 2.26. The van der Waals surface area contributed by atoms with E-state index >= 15 is 0 Å². The summed E-state index contributed by atoms with van der Waals surface area (Å²) in [6, 6.07) is 1.46. The van der Waals surface area contributed by atoms with Crippen LogP contribution in [0.3, 0.4) is 0 Å². The van der Waals surface area contributed by atoms with Gasteiger partial charge < -0.3 is 24.0 Å². The molecule has 2 aliphatic rings. The standard InChI is InChI=1S/C24H34N4O4/c1-17-19(18(2)32-26-17)16-31-21-15-22(29)28-13-8-3-5-9-20(28)23(21)24(30)25-10-14-27-11-6-4-7-12-27/h15H,3-14,16H2,1-2H3,(H,25,30). The first-order chi connectivity index (χ1) is 15.5. The molecule has 0 unspecified atom stereocenters. The first-order valence-corrected chi connectivity index (χ1v) is 11.9. The number of aromatic nitrogens is 2. The van der Waals surface area contributed by atoms with Gasteiger partial charge in [-0.3, -0.25) is 9.59 Å². The average Bonchev–Trinajstić information content (AvgIpc) is 2.97. The fourth-order valence-electron chi connectivity index (χ4n) is 4.73. The van der Waals surface area contributed by atoms with E-state index in [-0.39, 0.29) is 18.1 Å². The summed E-state index contributed by atoms with van der Waals surface area (Å²) in [7, 11) is 0. The highest BCUT2D eigenvalue weighted by atomic mass is 16.5. The van der Waals surface area contributed by atoms with E-state index in [4.69, 9.17) is 9.26 Å². The van der Waals surface area contributed by atoms with Crippen LogP contribution in [0.2, 0.25) is 0 Å². The Balaban J connectivity index is 1.57. The van der Waals surface area contributed by atoms with E-state index < -0.39 is 0 Å². The Morgan fingerprint density at radius 1 is 1.12 bits per heavy atom. The van der Waals surface area contributed by atoms with Gasteiger partial charge in [0.15, 0.2) is 0 Å². The van der Waals surface area contributed by atoms with Crippen LogP contribution in [0.1, 0.15) is 71.6 Å².